The zero-order valence-corrected chi connectivity index (χ0v) is 14.2. The molecule has 1 amide bonds. The van der Waals surface area contributed by atoms with Crippen LogP contribution in [0.4, 0.5) is 36.8 Å². The standard InChI is InChI=1S/C15H9ClF6N4O2/c16-10-5-8(15(20,21)22)6-24-11(10)12(23)26-28-13(27)25-9-3-1-2-7(4-9)14(17,18)19/h1-6H,(H2,23,26)(H,25,27). The molecule has 0 aliphatic rings. The van der Waals surface area contributed by atoms with Gasteiger partial charge >= 0.3 is 18.4 Å². The van der Waals surface area contributed by atoms with Gasteiger partial charge in [-0.15, -0.1) is 0 Å². The number of rotatable bonds is 3. The van der Waals surface area contributed by atoms with Crippen LogP contribution in [0, 0.1) is 0 Å². The van der Waals surface area contributed by atoms with Crippen molar-refractivity contribution in [3.63, 3.8) is 0 Å². The van der Waals surface area contributed by atoms with Crippen LogP contribution < -0.4 is 11.1 Å². The van der Waals surface area contributed by atoms with E-state index in [4.69, 9.17) is 17.3 Å². The second-order valence-corrected chi connectivity index (χ2v) is 5.52. The molecule has 0 bridgehead atoms. The predicted molar refractivity (Wildman–Crippen MR) is 86.5 cm³/mol. The van der Waals surface area contributed by atoms with Crippen molar-refractivity contribution >= 4 is 29.2 Å². The van der Waals surface area contributed by atoms with Crippen LogP contribution in [0.25, 0.3) is 0 Å². The largest absolute Gasteiger partial charge is 0.437 e. The highest BCUT2D eigenvalue weighted by Gasteiger charge is 2.32. The molecule has 1 aromatic heterocycles. The number of nitrogens with one attached hydrogen (secondary N) is 1. The molecule has 0 spiro atoms. The Balaban J connectivity index is 2.08. The molecule has 0 aliphatic heterocycles. The SMILES string of the molecule is N/C(=N\OC(=O)Nc1cccc(C(F)(F)F)c1)c1ncc(C(F)(F)F)cc1Cl. The van der Waals surface area contributed by atoms with Gasteiger partial charge in [0.25, 0.3) is 0 Å². The Morgan fingerprint density at radius 2 is 1.75 bits per heavy atom. The number of benzene rings is 1. The highest BCUT2D eigenvalue weighted by Crippen LogP contribution is 2.31. The van der Waals surface area contributed by atoms with Crippen molar-refractivity contribution in [2.45, 2.75) is 12.4 Å². The molecule has 2 aromatic rings. The van der Waals surface area contributed by atoms with Gasteiger partial charge in [-0.3, -0.25) is 15.1 Å². The Hall–Kier alpha value is -3.02. The maximum atomic E-state index is 12.6. The van der Waals surface area contributed by atoms with Crippen molar-refractivity contribution < 1.29 is 36.0 Å². The van der Waals surface area contributed by atoms with Gasteiger partial charge in [-0.2, -0.15) is 26.3 Å². The highest BCUT2D eigenvalue weighted by molar-refractivity contribution is 6.33. The second kappa shape index (κ2) is 7.92. The molecule has 0 saturated carbocycles. The van der Waals surface area contributed by atoms with Gasteiger partial charge in [-0.1, -0.05) is 22.8 Å². The number of amidine groups is 1. The first-order valence-electron chi connectivity index (χ1n) is 7.10. The average molecular weight is 427 g/mol. The molecule has 0 unspecified atom stereocenters. The molecule has 1 heterocycles. The molecule has 0 radical (unpaired) electrons. The number of pyridine rings is 1. The molecule has 1 aromatic carbocycles. The summed E-state index contributed by atoms with van der Waals surface area (Å²) in [5.41, 5.74) is 2.69. The number of aromatic nitrogens is 1. The van der Waals surface area contributed by atoms with Crippen molar-refractivity contribution in [2.24, 2.45) is 10.9 Å². The van der Waals surface area contributed by atoms with Crippen LogP contribution in [-0.4, -0.2) is 16.9 Å². The monoisotopic (exact) mass is 426 g/mol. The topological polar surface area (TPSA) is 89.6 Å². The number of carbonyl (C=O) groups excluding carboxylic acids is 1. The fourth-order valence-corrected chi connectivity index (χ4v) is 2.09. The van der Waals surface area contributed by atoms with Gasteiger partial charge in [-0.25, -0.2) is 4.79 Å². The van der Waals surface area contributed by atoms with E-state index in [1.807, 2.05) is 5.32 Å². The van der Waals surface area contributed by atoms with Crippen molar-refractivity contribution in [3.05, 3.63) is 58.4 Å². The smallest absolute Gasteiger partial charge is 0.379 e. The Morgan fingerprint density at radius 3 is 2.32 bits per heavy atom. The lowest BCUT2D eigenvalue weighted by atomic mass is 10.2. The minimum absolute atomic E-state index is 0.237. The number of anilines is 1. The molecule has 0 atom stereocenters. The van der Waals surface area contributed by atoms with Crippen LogP contribution in [-0.2, 0) is 17.2 Å². The molecule has 0 aliphatic carbocycles. The number of nitrogens with two attached hydrogens (primary N) is 1. The number of nitrogens with zero attached hydrogens (tertiary/aromatic N) is 2. The Morgan fingerprint density at radius 1 is 1.11 bits per heavy atom. The minimum Gasteiger partial charge on any atom is -0.379 e. The third kappa shape index (κ3) is 5.49. The summed E-state index contributed by atoms with van der Waals surface area (Å²) in [6.07, 6.45) is -10.1. The van der Waals surface area contributed by atoms with Crippen LogP contribution in [0.3, 0.4) is 0 Å². The summed E-state index contributed by atoms with van der Waals surface area (Å²) in [5, 5.41) is 4.62. The lowest BCUT2D eigenvalue weighted by Crippen LogP contribution is -2.20. The Bertz CT molecular complexity index is 914. The van der Waals surface area contributed by atoms with E-state index in [9.17, 15) is 31.1 Å². The van der Waals surface area contributed by atoms with E-state index in [2.05, 4.69) is 15.0 Å². The predicted octanol–water partition coefficient (Wildman–Crippen LogP) is 4.64. The number of alkyl halides is 6. The maximum Gasteiger partial charge on any atom is 0.437 e. The first kappa shape index (κ1) is 21.3. The highest BCUT2D eigenvalue weighted by atomic mass is 35.5. The normalized spacial score (nSPS) is 12.6. The molecule has 2 rings (SSSR count). The van der Waals surface area contributed by atoms with Crippen molar-refractivity contribution in [1.29, 1.82) is 0 Å². The van der Waals surface area contributed by atoms with Gasteiger partial charge in [0.05, 0.1) is 16.1 Å². The van der Waals surface area contributed by atoms with Gasteiger partial charge in [0, 0.05) is 11.9 Å². The Kier molecular flexibility index (Phi) is 6.02. The number of halogens is 7. The number of hydrogen-bond donors (Lipinski definition) is 2. The third-order valence-electron chi connectivity index (χ3n) is 3.07. The maximum absolute atomic E-state index is 12.6. The first-order chi connectivity index (χ1) is 12.9. The van der Waals surface area contributed by atoms with Crippen LogP contribution in [0.2, 0.25) is 5.02 Å². The zero-order valence-electron chi connectivity index (χ0n) is 13.4. The van der Waals surface area contributed by atoms with Crippen LogP contribution in [0.5, 0.6) is 0 Å². The average Bonchev–Trinajstić information content (AvgIpc) is 2.58. The van der Waals surface area contributed by atoms with Crippen LogP contribution >= 0.6 is 11.6 Å². The fourth-order valence-electron chi connectivity index (χ4n) is 1.83. The van der Waals surface area contributed by atoms with Gasteiger partial charge in [-0.05, 0) is 24.3 Å². The van der Waals surface area contributed by atoms with E-state index in [0.717, 1.165) is 18.2 Å². The lowest BCUT2D eigenvalue weighted by molar-refractivity contribution is -0.138. The van der Waals surface area contributed by atoms with Gasteiger partial charge in [0.2, 0.25) is 0 Å². The molecular formula is C15H9ClF6N4O2. The Labute approximate surface area is 157 Å². The summed E-state index contributed by atoms with van der Waals surface area (Å²) in [6, 6.07) is 4.22. The van der Waals surface area contributed by atoms with E-state index in [-0.39, 0.29) is 11.4 Å². The van der Waals surface area contributed by atoms with E-state index in [0.29, 0.717) is 18.3 Å². The fraction of sp³-hybridized carbons (Fsp3) is 0.133. The molecular weight excluding hydrogens is 418 g/mol. The van der Waals surface area contributed by atoms with Crippen molar-refractivity contribution in [1.82, 2.24) is 4.98 Å². The van der Waals surface area contributed by atoms with Gasteiger partial charge in [0.1, 0.15) is 5.69 Å². The summed E-state index contributed by atoms with van der Waals surface area (Å²) in [6.45, 7) is 0. The van der Waals surface area contributed by atoms with Gasteiger partial charge < -0.3 is 5.73 Å². The molecule has 0 saturated heterocycles. The lowest BCUT2D eigenvalue weighted by Gasteiger charge is -2.09. The van der Waals surface area contributed by atoms with E-state index < -0.39 is 40.4 Å². The van der Waals surface area contributed by atoms with Crippen LogP contribution in [0.1, 0.15) is 16.8 Å². The summed E-state index contributed by atoms with van der Waals surface area (Å²) in [5.74, 6) is -0.627. The molecule has 150 valence electrons. The molecule has 13 heteroatoms. The van der Waals surface area contributed by atoms with Crippen molar-refractivity contribution in [3.8, 4) is 0 Å². The third-order valence-corrected chi connectivity index (χ3v) is 3.36. The summed E-state index contributed by atoms with van der Waals surface area (Å²) in [4.78, 5) is 19.4. The first-order valence-corrected chi connectivity index (χ1v) is 7.47. The number of carbonyl (C=O) groups is 1. The quantitative estimate of drug-likeness (QED) is 0.246. The second-order valence-electron chi connectivity index (χ2n) is 5.11. The van der Waals surface area contributed by atoms with E-state index in [1.165, 1.54) is 0 Å². The molecule has 0 fully saturated rings. The van der Waals surface area contributed by atoms with E-state index >= 15 is 0 Å². The number of hydrogen-bond acceptors (Lipinski definition) is 4. The van der Waals surface area contributed by atoms with E-state index in [1.54, 1.807) is 0 Å². The number of amides is 1. The summed E-state index contributed by atoms with van der Waals surface area (Å²) in [7, 11) is 0. The van der Waals surface area contributed by atoms with Crippen LogP contribution in [0.15, 0.2) is 41.7 Å². The van der Waals surface area contributed by atoms with Gasteiger partial charge in [0.15, 0.2) is 5.84 Å². The molecule has 28 heavy (non-hydrogen) atoms. The summed E-state index contributed by atoms with van der Waals surface area (Å²) < 4.78 is 75.5. The molecule has 3 N–H and O–H groups in total. The van der Waals surface area contributed by atoms with Crippen molar-refractivity contribution in [2.75, 3.05) is 5.32 Å². The minimum atomic E-state index is -4.68. The zero-order chi connectivity index (χ0) is 21.1. The summed E-state index contributed by atoms with van der Waals surface area (Å²) >= 11 is 5.65. The number of oxime groups is 1. The molecule has 6 nitrogen and oxygen atoms in total.